The largest absolute Gasteiger partial charge is 0.355 e. The Bertz CT molecular complexity index is 576. The molecular weight excluding hydrogens is 316 g/mol. The molecule has 1 aliphatic heterocycles. The number of rotatable bonds is 7. The van der Waals surface area contributed by atoms with Gasteiger partial charge in [0.15, 0.2) is 0 Å². The molecule has 6 nitrogen and oxygen atoms in total. The van der Waals surface area contributed by atoms with E-state index >= 15 is 0 Å². The van der Waals surface area contributed by atoms with Gasteiger partial charge in [0, 0.05) is 31.9 Å². The highest BCUT2D eigenvalue weighted by Gasteiger charge is 2.28. The zero-order valence-corrected chi connectivity index (χ0v) is 15.3. The van der Waals surface area contributed by atoms with Gasteiger partial charge in [-0.25, -0.2) is 4.79 Å². The summed E-state index contributed by atoms with van der Waals surface area (Å²) in [6.45, 7) is 7.66. The lowest BCUT2D eigenvalue weighted by molar-refractivity contribution is -0.126. The number of likely N-dealkylation sites (tertiary alicyclic amines) is 1. The van der Waals surface area contributed by atoms with E-state index in [1.807, 2.05) is 31.2 Å². The van der Waals surface area contributed by atoms with Crippen molar-refractivity contribution in [1.29, 1.82) is 0 Å². The molecule has 1 fully saturated rings. The first-order valence-electron chi connectivity index (χ1n) is 9.21. The number of aryl methyl sites for hydroxylation is 1. The second-order valence-electron chi connectivity index (χ2n) is 6.63. The van der Waals surface area contributed by atoms with Crippen LogP contribution in [0.5, 0.6) is 0 Å². The molecule has 6 heteroatoms. The minimum atomic E-state index is -0.132. The van der Waals surface area contributed by atoms with Gasteiger partial charge in [0.1, 0.15) is 0 Å². The fraction of sp³-hybridized carbons (Fsp3) is 0.579. The molecule has 1 aromatic carbocycles. The molecule has 1 aliphatic rings. The summed E-state index contributed by atoms with van der Waals surface area (Å²) < 4.78 is 0. The van der Waals surface area contributed by atoms with Crippen molar-refractivity contribution in [3.63, 3.8) is 0 Å². The molecule has 1 heterocycles. The van der Waals surface area contributed by atoms with Crippen molar-refractivity contribution >= 4 is 17.6 Å². The quantitative estimate of drug-likeness (QED) is 0.664. The van der Waals surface area contributed by atoms with Crippen molar-refractivity contribution in [2.45, 2.75) is 33.1 Å². The van der Waals surface area contributed by atoms with Gasteiger partial charge in [-0.05, 0) is 50.4 Å². The van der Waals surface area contributed by atoms with E-state index in [0.29, 0.717) is 19.6 Å². The van der Waals surface area contributed by atoms with Crippen LogP contribution in [0.3, 0.4) is 0 Å². The van der Waals surface area contributed by atoms with E-state index in [0.717, 1.165) is 43.6 Å². The van der Waals surface area contributed by atoms with Gasteiger partial charge in [0.2, 0.25) is 5.91 Å². The van der Waals surface area contributed by atoms with Crippen molar-refractivity contribution in [2.75, 3.05) is 38.0 Å². The molecule has 0 saturated carbocycles. The summed E-state index contributed by atoms with van der Waals surface area (Å²) >= 11 is 0. The molecular formula is C19H30N4O2. The van der Waals surface area contributed by atoms with Crippen molar-refractivity contribution in [3.8, 4) is 0 Å². The molecule has 0 aliphatic carbocycles. The Morgan fingerprint density at radius 2 is 2.08 bits per heavy atom. The number of urea groups is 1. The highest BCUT2D eigenvalue weighted by molar-refractivity contribution is 5.90. The molecule has 3 N–H and O–H groups in total. The molecule has 2 rings (SSSR count). The fourth-order valence-electron chi connectivity index (χ4n) is 3.02. The van der Waals surface area contributed by atoms with Gasteiger partial charge in [-0.3, -0.25) is 4.79 Å². The number of carbonyl (C=O) groups excluding carboxylic acids is 2. The number of piperidine rings is 1. The van der Waals surface area contributed by atoms with Crippen LogP contribution in [0.4, 0.5) is 10.5 Å². The maximum Gasteiger partial charge on any atom is 0.321 e. The van der Waals surface area contributed by atoms with Crippen molar-refractivity contribution in [2.24, 2.45) is 5.92 Å². The van der Waals surface area contributed by atoms with E-state index in [1.54, 1.807) is 4.90 Å². The average Bonchev–Trinajstić information content (AvgIpc) is 2.61. The van der Waals surface area contributed by atoms with Crippen molar-refractivity contribution in [1.82, 2.24) is 15.5 Å². The van der Waals surface area contributed by atoms with Crippen molar-refractivity contribution < 1.29 is 9.59 Å². The molecule has 1 aromatic rings. The van der Waals surface area contributed by atoms with Crippen LogP contribution in [0, 0.1) is 12.8 Å². The highest BCUT2D eigenvalue weighted by Crippen LogP contribution is 2.18. The monoisotopic (exact) mass is 346 g/mol. The van der Waals surface area contributed by atoms with Crippen LogP contribution >= 0.6 is 0 Å². The van der Waals surface area contributed by atoms with Gasteiger partial charge in [-0.2, -0.15) is 0 Å². The molecule has 1 saturated heterocycles. The van der Waals surface area contributed by atoms with E-state index in [1.165, 1.54) is 0 Å². The van der Waals surface area contributed by atoms with Gasteiger partial charge in [0.25, 0.3) is 0 Å². The standard InChI is InChI=1S/C19H30N4O2/c1-3-9-20-10-11-21-18(24)16-7-5-12-23(14-16)19(25)22-17-8-4-6-15(2)13-17/h4,6,8,13,16,20H,3,5,7,9-12,14H2,1-2H3,(H,21,24)(H,22,25). The average molecular weight is 346 g/mol. The zero-order valence-electron chi connectivity index (χ0n) is 15.3. The maximum absolute atomic E-state index is 12.5. The van der Waals surface area contributed by atoms with Crippen LogP contribution in [0.1, 0.15) is 31.7 Å². The third kappa shape index (κ3) is 6.38. The summed E-state index contributed by atoms with van der Waals surface area (Å²) in [6, 6.07) is 7.60. The topological polar surface area (TPSA) is 73.5 Å². The molecule has 0 radical (unpaired) electrons. The SMILES string of the molecule is CCCNCCNC(=O)C1CCCN(C(=O)Nc2cccc(C)c2)C1. The smallest absolute Gasteiger partial charge is 0.321 e. The van der Waals surface area contributed by atoms with Crippen LogP contribution in [0.25, 0.3) is 0 Å². The number of nitrogens with one attached hydrogen (secondary N) is 3. The Morgan fingerprint density at radius 3 is 2.84 bits per heavy atom. The van der Waals surface area contributed by atoms with Gasteiger partial charge < -0.3 is 20.9 Å². The number of nitrogens with zero attached hydrogens (tertiary/aromatic N) is 1. The molecule has 138 valence electrons. The Morgan fingerprint density at radius 1 is 1.24 bits per heavy atom. The summed E-state index contributed by atoms with van der Waals surface area (Å²) in [5.41, 5.74) is 1.89. The van der Waals surface area contributed by atoms with Crippen LogP contribution < -0.4 is 16.0 Å². The van der Waals surface area contributed by atoms with Gasteiger partial charge in [-0.15, -0.1) is 0 Å². The molecule has 0 bridgehead atoms. The van der Waals surface area contributed by atoms with Crippen LogP contribution in [-0.2, 0) is 4.79 Å². The Hall–Kier alpha value is -2.08. The van der Waals surface area contributed by atoms with Crippen LogP contribution in [0.2, 0.25) is 0 Å². The molecule has 1 atom stereocenters. The number of anilines is 1. The third-order valence-corrected chi connectivity index (χ3v) is 4.38. The lowest BCUT2D eigenvalue weighted by atomic mass is 9.97. The Labute approximate surface area is 150 Å². The van der Waals surface area contributed by atoms with E-state index in [9.17, 15) is 9.59 Å². The number of hydrogen-bond acceptors (Lipinski definition) is 3. The van der Waals surface area contributed by atoms with Crippen molar-refractivity contribution in [3.05, 3.63) is 29.8 Å². The van der Waals surface area contributed by atoms with Crippen LogP contribution in [-0.4, -0.2) is 49.6 Å². The summed E-state index contributed by atoms with van der Waals surface area (Å²) in [5, 5.41) is 9.15. The molecule has 25 heavy (non-hydrogen) atoms. The van der Waals surface area contributed by atoms with E-state index in [2.05, 4.69) is 22.9 Å². The predicted octanol–water partition coefficient (Wildman–Crippen LogP) is 2.35. The van der Waals surface area contributed by atoms with Crippen LogP contribution in [0.15, 0.2) is 24.3 Å². The summed E-state index contributed by atoms with van der Waals surface area (Å²) in [6.07, 6.45) is 2.78. The van der Waals surface area contributed by atoms with E-state index < -0.39 is 0 Å². The highest BCUT2D eigenvalue weighted by atomic mass is 16.2. The number of benzene rings is 1. The van der Waals surface area contributed by atoms with E-state index in [4.69, 9.17) is 0 Å². The summed E-state index contributed by atoms with van der Waals surface area (Å²) in [5.74, 6) is -0.0745. The first kappa shape index (κ1) is 19.2. The lowest BCUT2D eigenvalue weighted by Crippen LogP contribution is -2.47. The molecule has 3 amide bonds. The normalized spacial score (nSPS) is 17.2. The lowest BCUT2D eigenvalue weighted by Gasteiger charge is -2.32. The third-order valence-electron chi connectivity index (χ3n) is 4.38. The summed E-state index contributed by atoms with van der Waals surface area (Å²) in [4.78, 5) is 26.5. The molecule has 0 spiro atoms. The van der Waals surface area contributed by atoms with Gasteiger partial charge in [0.05, 0.1) is 5.92 Å². The molecule has 1 unspecified atom stereocenters. The van der Waals surface area contributed by atoms with Gasteiger partial charge in [-0.1, -0.05) is 19.1 Å². The number of amides is 3. The number of carbonyl (C=O) groups is 2. The number of hydrogen-bond donors (Lipinski definition) is 3. The summed E-state index contributed by atoms with van der Waals surface area (Å²) in [7, 11) is 0. The maximum atomic E-state index is 12.5. The van der Waals surface area contributed by atoms with E-state index in [-0.39, 0.29) is 17.9 Å². The fourth-order valence-corrected chi connectivity index (χ4v) is 3.02. The predicted molar refractivity (Wildman–Crippen MR) is 101 cm³/mol. The minimum absolute atomic E-state index is 0.0476. The van der Waals surface area contributed by atoms with Gasteiger partial charge >= 0.3 is 6.03 Å². The Kier molecular flexibility index (Phi) is 7.73. The Balaban J connectivity index is 1.79. The first-order valence-corrected chi connectivity index (χ1v) is 9.21. The zero-order chi connectivity index (χ0) is 18.1. The second-order valence-corrected chi connectivity index (χ2v) is 6.63. The first-order chi connectivity index (χ1) is 12.1. The molecule has 0 aromatic heterocycles. The minimum Gasteiger partial charge on any atom is -0.355 e. The second kappa shape index (κ2) is 10.0.